The molecule has 1 atom stereocenters. The first-order valence-corrected chi connectivity index (χ1v) is 8.49. The molecule has 1 aliphatic heterocycles. The van der Waals surface area contributed by atoms with Crippen molar-refractivity contribution < 1.29 is 8.42 Å². The van der Waals surface area contributed by atoms with Crippen LogP contribution in [-0.2, 0) is 10.0 Å². The van der Waals surface area contributed by atoms with Gasteiger partial charge in [-0.1, -0.05) is 13.0 Å². The van der Waals surface area contributed by atoms with Crippen LogP contribution in [0.25, 0.3) is 0 Å². The van der Waals surface area contributed by atoms with E-state index >= 15 is 0 Å². The van der Waals surface area contributed by atoms with Crippen molar-refractivity contribution in [2.75, 3.05) is 31.9 Å². The summed E-state index contributed by atoms with van der Waals surface area (Å²) in [5, 5.41) is 0. The number of nitrogens with two attached hydrogens (primary N) is 1. The third-order valence-electron chi connectivity index (χ3n) is 3.99. The highest BCUT2D eigenvalue weighted by Crippen LogP contribution is 2.21. The third kappa shape index (κ3) is 3.31. The Bertz CT molecular complexity index is 572. The van der Waals surface area contributed by atoms with E-state index in [2.05, 4.69) is 16.5 Å². The maximum absolute atomic E-state index is 12.3. The molecule has 0 radical (unpaired) electrons. The van der Waals surface area contributed by atoms with E-state index in [1.165, 1.54) is 0 Å². The lowest BCUT2D eigenvalue weighted by Crippen LogP contribution is -2.31. The zero-order valence-corrected chi connectivity index (χ0v) is 12.9. The SMILES string of the molecule is CCN1CCC(CNS(=O)(=O)c2cccc(N)c2C)C1. The number of nitrogen functional groups attached to an aromatic ring is 1. The van der Waals surface area contributed by atoms with Gasteiger partial charge in [0.2, 0.25) is 10.0 Å². The zero-order chi connectivity index (χ0) is 14.8. The van der Waals surface area contributed by atoms with Gasteiger partial charge in [-0.2, -0.15) is 0 Å². The molecule has 5 nitrogen and oxygen atoms in total. The number of benzene rings is 1. The molecule has 1 unspecified atom stereocenters. The van der Waals surface area contributed by atoms with Gasteiger partial charge in [-0.3, -0.25) is 0 Å². The molecule has 2 rings (SSSR count). The van der Waals surface area contributed by atoms with Crippen LogP contribution >= 0.6 is 0 Å². The molecule has 0 saturated carbocycles. The van der Waals surface area contributed by atoms with Crippen LogP contribution in [0.1, 0.15) is 18.9 Å². The average Bonchev–Trinajstić information content (AvgIpc) is 2.87. The van der Waals surface area contributed by atoms with Crippen LogP contribution < -0.4 is 10.5 Å². The molecule has 1 fully saturated rings. The number of rotatable bonds is 5. The fraction of sp³-hybridized carbons (Fsp3) is 0.571. The number of hydrogen-bond donors (Lipinski definition) is 2. The second kappa shape index (κ2) is 6.11. The van der Waals surface area contributed by atoms with Crippen molar-refractivity contribution in [3.05, 3.63) is 23.8 Å². The summed E-state index contributed by atoms with van der Waals surface area (Å²) >= 11 is 0. The Balaban J connectivity index is 2.03. The predicted molar refractivity (Wildman–Crippen MR) is 81.0 cm³/mol. The third-order valence-corrected chi connectivity index (χ3v) is 5.56. The first-order chi connectivity index (χ1) is 9.44. The standard InChI is InChI=1S/C14H23N3O2S/c1-3-17-8-7-12(10-17)9-16-20(18,19)14-6-4-5-13(15)11(14)2/h4-6,12,16H,3,7-10,15H2,1-2H3. The van der Waals surface area contributed by atoms with Gasteiger partial charge in [0.15, 0.2) is 0 Å². The second-order valence-electron chi connectivity index (χ2n) is 5.37. The lowest BCUT2D eigenvalue weighted by atomic mass is 10.1. The second-order valence-corrected chi connectivity index (χ2v) is 7.11. The Morgan fingerprint density at radius 1 is 1.45 bits per heavy atom. The van der Waals surface area contributed by atoms with Crippen LogP contribution in [0, 0.1) is 12.8 Å². The molecule has 1 aromatic carbocycles. The molecule has 1 aromatic rings. The van der Waals surface area contributed by atoms with Gasteiger partial charge < -0.3 is 10.6 Å². The van der Waals surface area contributed by atoms with Crippen LogP contribution in [0.2, 0.25) is 0 Å². The summed E-state index contributed by atoms with van der Waals surface area (Å²) in [7, 11) is -3.47. The van der Waals surface area contributed by atoms with Crippen LogP contribution in [0.4, 0.5) is 5.69 Å². The molecule has 20 heavy (non-hydrogen) atoms. The van der Waals surface area contributed by atoms with Gasteiger partial charge in [0.05, 0.1) is 4.90 Å². The monoisotopic (exact) mass is 297 g/mol. The van der Waals surface area contributed by atoms with Gasteiger partial charge in [-0.05, 0) is 50.0 Å². The summed E-state index contributed by atoms with van der Waals surface area (Å²) in [4.78, 5) is 2.62. The molecule has 6 heteroatoms. The number of hydrogen-bond acceptors (Lipinski definition) is 4. The summed E-state index contributed by atoms with van der Waals surface area (Å²) < 4.78 is 27.4. The van der Waals surface area contributed by atoms with Crippen LogP contribution in [-0.4, -0.2) is 39.5 Å². The minimum atomic E-state index is -3.47. The summed E-state index contributed by atoms with van der Waals surface area (Å²) in [5.41, 5.74) is 6.89. The molecule has 112 valence electrons. The van der Waals surface area contributed by atoms with E-state index in [9.17, 15) is 8.42 Å². The summed E-state index contributed by atoms with van der Waals surface area (Å²) in [5.74, 6) is 0.395. The molecular formula is C14H23N3O2S. The fourth-order valence-corrected chi connectivity index (χ4v) is 3.98. The van der Waals surface area contributed by atoms with E-state index in [1.807, 2.05) is 0 Å². The van der Waals surface area contributed by atoms with Gasteiger partial charge in [0.25, 0.3) is 0 Å². The molecule has 0 aromatic heterocycles. The minimum absolute atomic E-state index is 0.280. The van der Waals surface area contributed by atoms with E-state index in [4.69, 9.17) is 5.73 Å². The van der Waals surface area contributed by atoms with E-state index < -0.39 is 10.0 Å². The summed E-state index contributed by atoms with van der Waals surface area (Å²) in [6.07, 6.45) is 1.05. The van der Waals surface area contributed by atoms with Crippen molar-refractivity contribution in [1.82, 2.24) is 9.62 Å². The predicted octanol–water partition coefficient (Wildman–Crippen LogP) is 1.20. The Hall–Kier alpha value is -1.11. The number of anilines is 1. The van der Waals surface area contributed by atoms with Crippen molar-refractivity contribution in [3.8, 4) is 0 Å². The molecule has 0 amide bonds. The topological polar surface area (TPSA) is 75.4 Å². The molecule has 1 aliphatic rings. The number of likely N-dealkylation sites (tertiary alicyclic amines) is 1. The van der Waals surface area contributed by atoms with Crippen molar-refractivity contribution in [1.29, 1.82) is 0 Å². The maximum Gasteiger partial charge on any atom is 0.240 e. The number of nitrogens with one attached hydrogen (secondary N) is 1. The van der Waals surface area contributed by atoms with Gasteiger partial charge in [-0.15, -0.1) is 0 Å². The van der Waals surface area contributed by atoms with Crippen LogP contribution in [0.3, 0.4) is 0 Å². The first-order valence-electron chi connectivity index (χ1n) is 7.01. The lowest BCUT2D eigenvalue weighted by molar-refractivity contribution is 0.342. The Kier molecular flexibility index (Phi) is 4.67. The summed E-state index contributed by atoms with van der Waals surface area (Å²) in [6.45, 7) is 7.40. The molecule has 1 heterocycles. The normalized spacial score (nSPS) is 20.4. The highest BCUT2D eigenvalue weighted by Gasteiger charge is 2.24. The van der Waals surface area contributed by atoms with E-state index in [0.29, 0.717) is 23.7 Å². The lowest BCUT2D eigenvalue weighted by Gasteiger charge is -2.15. The fourth-order valence-electron chi connectivity index (χ4n) is 2.59. The van der Waals surface area contributed by atoms with Crippen molar-refractivity contribution in [2.24, 2.45) is 5.92 Å². The average molecular weight is 297 g/mol. The minimum Gasteiger partial charge on any atom is -0.398 e. The molecular weight excluding hydrogens is 274 g/mol. The van der Waals surface area contributed by atoms with Crippen molar-refractivity contribution in [3.63, 3.8) is 0 Å². The zero-order valence-electron chi connectivity index (χ0n) is 12.1. The summed E-state index contributed by atoms with van der Waals surface area (Å²) in [6, 6.07) is 4.98. The Labute approximate surface area is 121 Å². The quantitative estimate of drug-likeness (QED) is 0.801. The van der Waals surface area contributed by atoms with E-state index in [1.54, 1.807) is 25.1 Å². The van der Waals surface area contributed by atoms with Gasteiger partial charge in [0.1, 0.15) is 0 Å². The van der Waals surface area contributed by atoms with Crippen LogP contribution in [0.15, 0.2) is 23.1 Å². The van der Waals surface area contributed by atoms with Crippen LogP contribution in [0.5, 0.6) is 0 Å². The smallest absolute Gasteiger partial charge is 0.240 e. The molecule has 0 aliphatic carbocycles. The number of nitrogens with zero attached hydrogens (tertiary/aromatic N) is 1. The van der Waals surface area contributed by atoms with Crippen molar-refractivity contribution >= 4 is 15.7 Å². The van der Waals surface area contributed by atoms with Gasteiger partial charge in [-0.25, -0.2) is 13.1 Å². The molecule has 3 N–H and O–H groups in total. The number of sulfonamides is 1. The first kappa shape index (κ1) is 15.3. The van der Waals surface area contributed by atoms with Gasteiger partial charge >= 0.3 is 0 Å². The molecule has 1 saturated heterocycles. The Morgan fingerprint density at radius 3 is 2.85 bits per heavy atom. The van der Waals surface area contributed by atoms with E-state index in [-0.39, 0.29) is 4.90 Å². The molecule has 0 spiro atoms. The van der Waals surface area contributed by atoms with Gasteiger partial charge in [0, 0.05) is 18.8 Å². The highest BCUT2D eigenvalue weighted by atomic mass is 32.2. The maximum atomic E-state index is 12.3. The highest BCUT2D eigenvalue weighted by molar-refractivity contribution is 7.89. The van der Waals surface area contributed by atoms with E-state index in [0.717, 1.165) is 26.1 Å². The largest absolute Gasteiger partial charge is 0.398 e. The van der Waals surface area contributed by atoms with Crippen molar-refractivity contribution in [2.45, 2.75) is 25.2 Å². The molecule has 0 bridgehead atoms. The Morgan fingerprint density at radius 2 is 2.20 bits per heavy atom.